The summed E-state index contributed by atoms with van der Waals surface area (Å²) in [6.07, 6.45) is 1.71. The fraction of sp³-hybridized carbons (Fsp3) is 0.286. The van der Waals surface area contributed by atoms with Crippen molar-refractivity contribution in [3.8, 4) is 0 Å². The van der Waals surface area contributed by atoms with E-state index in [1.165, 1.54) is 33.5 Å². The van der Waals surface area contributed by atoms with Crippen LogP contribution in [0.2, 0.25) is 0 Å². The molecule has 25 heavy (non-hydrogen) atoms. The molecular formula is C14H13N7OS3. The zero-order valence-electron chi connectivity index (χ0n) is 13.6. The third-order valence-corrected chi connectivity index (χ3v) is 6.46. The molecule has 0 saturated heterocycles. The van der Waals surface area contributed by atoms with Crippen LogP contribution in [0, 0.1) is 20.8 Å². The van der Waals surface area contributed by atoms with Crippen molar-refractivity contribution in [1.82, 2.24) is 29.8 Å². The van der Waals surface area contributed by atoms with Gasteiger partial charge in [-0.05, 0) is 26.3 Å². The zero-order valence-corrected chi connectivity index (χ0v) is 16.1. The first kappa shape index (κ1) is 16.4. The van der Waals surface area contributed by atoms with Gasteiger partial charge in [-0.25, -0.2) is 4.98 Å². The minimum Gasteiger partial charge on any atom is -0.300 e. The molecule has 0 aliphatic heterocycles. The van der Waals surface area contributed by atoms with E-state index in [1.54, 1.807) is 17.7 Å². The number of aryl methyl sites for hydroxylation is 3. The Kier molecular flexibility index (Phi) is 4.13. The molecule has 8 nitrogen and oxygen atoms in total. The van der Waals surface area contributed by atoms with E-state index >= 15 is 0 Å². The number of thioether (sulfide) groups is 1. The van der Waals surface area contributed by atoms with E-state index in [-0.39, 0.29) is 11.7 Å². The summed E-state index contributed by atoms with van der Waals surface area (Å²) in [5, 5.41) is 22.0. The van der Waals surface area contributed by atoms with E-state index in [4.69, 9.17) is 0 Å². The summed E-state index contributed by atoms with van der Waals surface area (Å²) in [4.78, 5) is 18.7. The first-order valence-electron chi connectivity index (χ1n) is 7.35. The highest BCUT2D eigenvalue weighted by Crippen LogP contribution is 2.32. The first-order chi connectivity index (χ1) is 12.0. The molecule has 0 bridgehead atoms. The Labute approximate surface area is 154 Å². The molecule has 1 amide bonds. The molecule has 0 aliphatic carbocycles. The van der Waals surface area contributed by atoms with Crippen LogP contribution in [0.3, 0.4) is 0 Å². The average molecular weight is 392 g/mol. The maximum absolute atomic E-state index is 12.1. The molecule has 0 aromatic carbocycles. The van der Waals surface area contributed by atoms with Crippen LogP contribution in [-0.2, 0) is 4.79 Å². The Morgan fingerprint density at radius 2 is 2.04 bits per heavy atom. The second kappa shape index (κ2) is 6.32. The minimum atomic E-state index is -0.158. The molecule has 0 radical (unpaired) electrons. The van der Waals surface area contributed by atoms with Gasteiger partial charge < -0.3 is 0 Å². The number of amides is 1. The third kappa shape index (κ3) is 2.98. The van der Waals surface area contributed by atoms with Gasteiger partial charge in [-0.15, -0.1) is 31.7 Å². The Morgan fingerprint density at radius 3 is 2.80 bits per heavy atom. The summed E-state index contributed by atoms with van der Waals surface area (Å²) in [5.74, 6) is 0.0496. The van der Waals surface area contributed by atoms with Gasteiger partial charge in [-0.3, -0.25) is 14.5 Å². The van der Waals surface area contributed by atoms with E-state index in [9.17, 15) is 4.79 Å². The Morgan fingerprint density at radius 1 is 1.20 bits per heavy atom. The number of nitrogens with one attached hydrogen (secondary N) is 1. The van der Waals surface area contributed by atoms with E-state index in [0.717, 1.165) is 20.9 Å². The van der Waals surface area contributed by atoms with Gasteiger partial charge in [0.15, 0.2) is 10.8 Å². The highest BCUT2D eigenvalue weighted by atomic mass is 32.2. The van der Waals surface area contributed by atoms with Crippen LogP contribution in [0.15, 0.2) is 11.5 Å². The Hall–Kier alpha value is -2.11. The molecule has 0 spiro atoms. The lowest BCUT2D eigenvalue weighted by molar-refractivity contribution is -0.113. The maximum atomic E-state index is 12.1. The van der Waals surface area contributed by atoms with Crippen LogP contribution in [-0.4, -0.2) is 41.4 Å². The van der Waals surface area contributed by atoms with Gasteiger partial charge in [0.25, 0.3) is 0 Å². The van der Waals surface area contributed by atoms with Crippen molar-refractivity contribution in [3.63, 3.8) is 0 Å². The minimum absolute atomic E-state index is 0.158. The van der Waals surface area contributed by atoms with Gasteiger partial charge in [0.1, 0.15) is 16.2 Å². The van der Waals surface area contributed by atoms with Crippen LogP contribution < -0.4 is 5.32 Å². The normalized spacial score (nSPS) is 11.5. The summed E-state index contributed by atoms with van der Waals surface area (Å²) in [6.45, 7) is 5.98. The lowest BCUT2D eigenvalue weighted by atomic mass is 10.2. The van der Waals surface area contributed by atoms with Gasteiger partial charge in [0.2, 0.25) is 11.0 Å². The van der Waals surface area contributed by atoms with Crippen LogP contribution in [0.5, 0.6) is 0 Å². The number of hydrogen-bond donors (Lipinski definition) is 1. The number of nitrogens with zero attached hydrogens (tertiary/aromatic N) is 6. The predicted molar refractivity (Wildman–Crippen MR) is 99.6 cm³/mol. The van der Waals surface area contributed by atoms with Crippen LogP contribution >= 0.6 is 34.4 Å². The molecule has 0 saturated carbocycles. The summed E-state index contributed by atoms with van der Waals surface area (Å²) >= 11 is 4.30. The monoisotopic (exact) mass is 391 g/mol. The SMILES string of the molecule is Cc1nnc(NC(=O)CSc2nnc3c4c(C)c(C)sc4ncn23)s1. The van der Waals surface area contributed by atoms with E-state index in [0.29, 0.717) is 10.3 Å². The molecule has 1 N–H and O–H groups in total. The number of anilines is 1. The van der Waals surface area contributed by atoms with Crippen molar-refractivity contribution in [2.24, 2.45) is 0 Å². The highest BCUT2D eigenvalue weighted by molar-refractivity contribution is 7.99. The second-order valence-corrected chi connectivity index (χ2v) is 8.67. The smallest absolute Gasteiger partial charge is 0.236 e. The van der Waals surface area contributed by atoms with E-state index in [2.05, 4.69) is 44.5 Å². The van der Waals surface area contributed by atoms with Crippen LogP contribution in [0.25, 0.3) is 15.9 Å². The van der Waals surface area contributed by atoms with E-state index in [1.807, 2.05) is 11.3 Å². The fourth-order valence-corrected chi connectivity index (χ4v) is 4.66. The van der Waals surface area contributed by atoms with Crippen LogP contribution in [0.4, 0.5) is 5.13 Å². The average Bonchev–Trinajstić information content (AvgIpc) is 3.24. The molecule has 4 rings (SSSR count). The number of thiophene rings is 1. The van der Waals surface area contributed by atoms with Crippen molar-refractivity contribution in [2.75, 3.05) is 11.1 Å². The number of rotatable bonds is 4. The zero-order chi connectivity index (χ0) is 17.6. The molecule has 0 atom stereocenters. The number of carbonyl (C=O) groups excluding carboxylic acids is 1. The molecule has 11 heteroatoms. The van der Waals surface area contributed by atoms with Gasteiger partial charge in [-0.1, -0.05) is 23.1 Å². The molecular weight excluding hydrogens is 378 g/mol. The van der Waals surface area contributed by atoms with Gasteiger partial charge in [-0.2, -0.15) is 0 Å². The lowest BCUT2D eigenvalue weighted by Crippen LogP contribution is -2.14. The van der Waals surface area contributed by atoms with Gasteiger partial charge in [0.05, 0.1) is 11.1 Å². The summed E-state index contributed by atoms with van der Waals surface area (Å²) in [7, 11) is 0. The maximum Gasteiger partial charge on any atom is 0.236 e. The number of carbonyl (C=O) groups is 1. The Bertz CT molecular complexity index is 1100. The lowest BCUT2D eigenvalue weighted by Gasteiger charge is -2.01. The van der Waals surface area contributed by atoms with Crippen LogP contribution in [0.1, 0.15) is 15.4 Å². The van der Waals surface area contributed by atoms with Gasteiger partial charge >= 0.3 is 0 Å². The standard InChI is InChI=1S/C14H13N7OS3/c1-6-7(2)24-12-10(6)11-18-20-14(21(11)5-15-12)23-4-9(22)16-13-19-17-8(3)25-13/h5H,4H2,1-3H3,(H,16,19,22). The summed E-state index contributed by atoms with van der Waals surface area (Å²) in [5.41, 5.74) is 1.95. The summed E-state index contributed by atoms with van der Waals surface area (Å²) < 4.78 is 1.83. The molecule has 0 unspecified atom stereocenters. The molecule has 128 valence electrons. The van der Waals surface area contributed by atoms with Crippen molar-refractivity contribution >= 4 is 61.3 Å². The fourth-order valence-electron chi connectivity index (χ4n) is 2.36. The first-order valence-corrected chi connectivity index (χ1v) is 9.97. The second-order valence-electron chi connectivity index (χ2n) is 5.35. The predicted octanol–water partition coefficient (Wildman–Crippen LogP) is 2.85. The van der Waals surface area contributed by atoms with Crippen molar-refractivity contribution in [3.05, 3.63) is 21.8 Å². The molecule has 4 heterocycles. The van der Waals surface area contributed by atoms with Crippen molar-refractivity contribution in [2.45, 2.75) is 25.9 Å². The highest BCUT2D eigenvalue weighted by Gasteiger charge is 2.16. The molecule has 0 aliphatic rings. The molecule has 0 fully saturated rings. The molecule has 4 aromatic heterocycles. The molecule has 4 aromatic rings. The third-order valence-electron chi connectivity index (χ3n) is 3.65. The van der Waals surface area contributed by atoms with E-state index < -0.39 is 0 Å². The number of aromatic nitrogens is 6. The topological polar surface area (TPSA) is 98.0 Å². The largest absolute Gasteiger partial charge is 0.300 e. The van der Waals surface area contributed by atoms with Gasteiger partial charge in [0, 0.05) is 4.88 Å². The number of hydrogen-bond acceptors (Lipinski definition) is 9. The summed E-state index contributed by atoms with van der Waals surface area (Å²) in [6, 6.07) is 0. The van der Waals surface area contributed by atoms with Crippen molar-refractivity contribution in [1.29, 1.82) is 0 Å². The Balaban J connectivity index is 1.56. The quantitative estimate of drug-likeness (QED) is 0.534. The van der Waals surface area contributed by atoms with Crippen molar-refractivity contribution < 1.29 is 4.79 Å². The number of fused-ring (bicyclic) bond motifs is 3.